The van der Waals surface area contributed by atoms with Gasteiger partial charge in [0, 0.05) is 31.3 Å². The molecule has 0 atom stereocenters. The molecule has 0 aliphatic heterocycles. The molecule has 1 rings (SSSR count). The maximum Gasteiger partial charge on any atom is 0.255 e. The van der Waals surface area contributed by atoms with E-state index in [0.29, 0.717) is 12.1 Å². The van der Waals surface area contributed by atoms with E-state index in [1.165, 1.54) is 0 Å². The average molecular weight is 243 g/mol. The number of aromatic nitrogens is 1. The van der Waals surface area contributed by atoms with Gasteiger partial charge in [-0.15, -0.1) is 0 Å². The van der Waals surface area contributed by atoms with E-state index in [1.807, 2.05) is 0 Å². The van der Waals surface area contributed by atoms with Gasteiger partial charge in [0.05, 0.1) is 5.56 Å². The Labute approximate surface area is 85.9 Å². The lowest BCUT2D eigenvalue weighted by molar-refractivity contribution is 0.0803. The van der Waals surface area contributed by atoms with Crippen LogP contribution in [0.1, 0.15) is 10.4 Å². The molecule has 1 aromatic rings. The van der Waals surface area contributed by atoms with Gasteiger partial charge in [-0.2, -0.15) is 0 Å². The van der Waals surface area contributed by atoms with Crippen molar-refractivity contribution in [2.75, 3.05) is 18.9 Å². The number of carbonyl (C=O) groups excluding carboxylic acids is 1. The standard InChI is InChI=1S/C9H11BrN2O/c1-12(6-4-10)9(13)8-3-2-5-11-7-8/h2-3,5,7H,4,6H2,1H3. The van der Waals surface area contributed by atoms with Crippen molar-refractivity contribution in [1.82, 2.24) is 9.88 Å². The van der Waals surface area contributed by atoms with E-state index in [-0.39, 0.29) is 5.91 Å². The second-order valence-corrected chi connectivity index (χ2v) is 3.45. The summed E-state index contributed by atoms with van der Waals surface area (Å²) < 4.78 is 0. The molecule has 0 aliphatic carbocycles. The summed E-state index contributed by atoms with van der Waals surface area (Å²) in [7, 11) is 1.77. The van der Waals surface area contributed by atoms with Gasteiger partial charge in [-0.25, -0.2) is 0 Å². The number of rotatable bonds is 3. The minimum atomic E-state index is 0.00699. The van der Waals surface area contributed by atoms with E-state index in [4.69, 9.17) is 0 Å². The predicted molar refractivity (Wildman–Crippen MR) is 55.0 cm³/mol. The number of nitrogens with zero attached hydrogens (tertiary/aromatic N) is 2. The first-order chi connectivity index (χ1) is 6.25. The molecule has 0 fully saturated rings. The van der Waals surface area contributed by atoms with Crippen molar-refractivity contribution in [2.45, 2.75) is 0 Å². The molecule has 0 spiro atoms. The molecule has 0 radical (unpaired) electrons. The summed E-state index contributed by atoms with van der Waals surface area (Å²) in [6, 6.07) is 3.52. The molecule has 0 N–H and O–H groups in total. The second kappa shape index (κ2) is 4.97. The summed E-state index contributed by atoms with van der Waals surface area (Å²) in [5.74, 6) is 0.00699. The van der Waals surface area contributed by atoms with Crippen LogP contribution in [0, 0.1) is 0 Å². The fourth-order valence-electron chi connectivity index (χ4n) is 0.938. The summed E-state index contributed by atoms with van der Waals surface area (Å²) in [4.78, 5) is 17.1. The topological polar surface area (TPSA) is 33.2 Å². The molecule has 4 heteroatoms. The van der Waals surface area contributed by atoms with E-state index in [9.17, 15) is 4.79 Å². The van der Waals surface area contributed by atoms with E-state index >= 15 is 0 Å². The zero-order chi connectivity index (χ0) is 9.68. The fraction of sp³-hybridized carbons (Fsp3) is 0.333. The number of hydrogen-bond acceptors (Lipinski definition) is 2. The summed E-state index contributed by atoms with van der Waals surface area (Å²) in [6.45, 7) is 0.702. The Morgan fingerprint density at radius 2 is 2.46 bits per heavy atom. The SMILES string of the molecule is CN(CCBr)C(=O)c1cccnc1. The summed E-state index contributed by atoms with van der Waals surface area (Å²) in [5.41, 5.74) is 0.631. The highest BCUT2D eigenvalue weighted by atomic mass is 79.9. The molecule has 3 nitrogen and oxygen atoms in total. The van der Waals surface area contributed by atoms with Crippen LogP contribution in [-0.2, 0) is 0 Å². The van der Waals surface area contributed by atoms with Crippen molar-refractivity contribution in [3.05, 3.63) is 30.1 Å². The van der Waals surface area contributed by atoms with Crippen molar-refractivity contribution < 1.29 is 4.79 Å². The number of halogens is 1. The van der Waals surface area contributed by atoms with Gasteiger partial charge < -0.3 is 4.90 Å². The number of amides is 1. The molecule has 13 heavy (non-hydrogen) atoms. The average Bonchev–Trinajstić information content (AvgIpc) is 2.18. The van der Waals surface area contributed by atoms with E-state index in [2.05, 4.69) is 20.9 Å². The first kappa shape index (κ1) is 10.2. The molecule has 1 aromatic heterocycles. The van der Waals surface area contributed by atoms with Crippen LogP contribution < -0.4 is 0 Å². The highest BCUT2D eigenvalue weighted by molar-refractivity contribution is 9.09. The Morgan fingerprint density at radius 1 is 1.69 bits per heavy atom. The Balaban J connectivity index is 2.68. The molecule has 0 aliphatic rings. The monoisotopic (exact) mass is 242 g/mol. The maximum absolute atomic E-state index is 11.6. The smallest absolute Gasteiger partial charge is 0.255 e. The van der Waals surface area contributed by atoms with Crippen LogP contribution in [0.25, 0.3) is 0 Å². The molecule has 1 heterocycles. The van der Waals surface area contributed by atoms with Gasteiger partial charge in [0.2, 0.25) is 0 Å². The summed E-state index contributed by atoms with van der Waals surface area (Å²) >= 11 is 3.28. The van der Waals surface area contributed by atoms with Crippen molar-refractivity contribution in [3.8, 4) is 0 Å². The fourth-order valence-corrected chi connectivity index (χ4v) is 1.47. The van der Waals surface area contributed by atoms with Crippen LogP contribution in [0.4, 0.5) is 0 Å². The third-order valence-corrected chi connectivity index (χ3v) is 2.03. The second-order valence-electron chi connectivity index (χ2n) is 2.66. The first-order valence-corrected chi connectivity index (χ1v) is 5.09. The molecular weight excluding hydrogens is 232 g/mol. The summed E-state index contributed by atoms with van der Waals surface area (Å²) in [5, 5.41) is 0.787. The van der Waals surface area contributed by atoms with Crippen LogP contribution in [0.3, 0.4) is 0 Å². The molecular formula is C9H11BrN2O. The van der Waals surface area contributed by atoms with Gasteiger partial charge in [-0.3, -0.25) is 9.78 Å². The number of alkyl halides is 1. The third-order valence-electron chi connectivity index (χ3n) is 1.68. The highest BCUT2D eigenvalue weighted by Crippen LogP contribution is 2.01. The van der Waals surface area contributed by atoms with Crippen LogP contribution in [0.2, 0.25) is 0 Å². The number of hydrogen-bond donors (Lipinski definition) is 0. The zero-order valence-electron chi connectivity index (χ0n) is 7.40. The molecule has 0 bridgehead atoms. The summed E-state index contributed by atoms with van der Waals surface area (Å²) in [6.07, 6.45) is 3.23. The van der Waals surface area contributed by atoms with Crippen molar-refractivity contribution in [3.63, 3.8) is 0 Å². The number of carbonyl (C=O) groups is 1. The molecule has 0 aromatic carbocycles. The van der Waals surface area contributed by atoms with E-state index in [0.717, 1.165) is 5.33 Å². The quantitative estimate of drug-likeness (QED) is 0.754. The molecule has 0 saturated heterocycles. The van der Waals surface area contributed by atoms with Crippen molar-refractivity contribution in [2.24, 2.45) is 0 Å². The van der Waals surface area contributed by atoms with Gasteiger partial charge in [-0.05, 0) is 12.1 Å². The Kier molecular flexibility index (Phi) is 3.89. The number of pyridine rings is 1. The lowest BCUT2D eigenvalue weighted by atomic mass is 10.2. The van der Waals surface area contributed by atoms with Crippen molar-refractivity contribution >= 4 is 21.8 Å². The van der Waals surface area contributed by atoms with Gasteiger partial charge >= 0.3 is 0 Å². The minimum Gasteiger partial charge on any atom is -0.341 e. The highest BCUT2D eigenvalue weighted by Gasteiger charge is 2.09. The predicted octanol–water partition coefficient (Wildman–Crippen LogP) is 1.55. The van der Waals surface area contributed by atoms with E-state index < -0.39 is 0 Å². The normalized spacial score (nSPS) is 9.69. The zero-order valence-corrected chi connectivity index (χ0v) is 8.99. The Bertz CT molecular complexity index is 276. The molecule has 0 saturated carbocycles. The first-order valence-electron chi connectivity index (χ1n) is 3.97. The van der Waals surface area contributed by atoms with Crippen LogP contribution in [0.15, 0.2) is 24.5 Å². The maximum atomic E-state index is 11.6. The van der Waals surface area contributed by atoms with Gasteiger partial charge in [0.15, 0.2) is 0 Å². The van der Waals surface area contributed by atoms with E-state index in [1.54, 1.807) is 36.5 Å². The van der Waals surface area contributed by atoms with Crippen molar-refractivity contribution in [1.29, 1.82) is 0 Å². The largest absolute Gasteiger partial charge is 0.341 e. The Morgan fingerprint density at radius 3 is 3.00 bits per heavy atom. The van der Waals surface area contributed by atoms with Gasteiger partial charge in [0.1, 0.15) is 0 Å². The molecule has 0 unspecified atom stereocenters. The lowest BCUT2D eigenvalue weighted by Crippen LogP contribution is -2.28. The minimum absolute atomic E-state index is 0.00699. The van der Waals surface area contributed by atoms with Gasteiger partial charge in [-0.1, -0.05) is 15.9 Å². The lowest BCUT2D eigenvalue weighted by Gasteiger charge is -2.14. The van der Waals surface area contributed by atoms with Crippen LogP contribution in [-0.4, -0.2) is 34.7 Å². The van der Waals surface area contributed by atoms with Crippen LogP contribution in [0.5, 0.6) is 0 Å². The third kappa shape index (κ3) is 2.81. The van der Waals surface area contributed by atoms with Crippen LogP contribution >= 0.6 is 15.9 Å². The van der Waals surface area contributed by atoms with Gasteiger partial charge in [0.25, 0.3) is 5.91 Å². The molecule has 70 valence electrons. The Hall–Kier alpha value is -0.900. The molecule has 1 amide bonds.